The van der Waals surface area contributed by atoms with Gasteiger partial charge in [0, 0.05) is 18.7 Å². The molecule has 0 amide bonds. The van der Waals surface area contributed by atoms with Crippen LogP contribution in [0.2, 0.25) is 0 Å². The molecule has 0 radical (unpaired) electrons. The molecular weight excluding hydrogens is 284 g/mol. The lowest BCUT2D eigenvalue weighted by molar-refractivity contribution is 0.114. The number of thiocarbonyl (C=S) groups is 1. The van der Waals surface area contributed by atoms with E-state index < -0.39 is 10.0 Å². The Hall–Kier alpha value is -1.02. The third-order valence-corrected chi connectivity index (χ3v) is 4.67. The molecule has 7 heteroatoms. The van der Waals surface area contributed by atoms with Crippen LogP contribution in [0.5, 0.6) is 0 Å². The minimum absolute atomic E-state index is 0.0493. The van der Waals surface area contributed by atoms with E-state index in [0.717, 1.165) is 12.8 Å². The van der Waals surface area contributed by atoms with E-state index in [2.05, 4.69) is 4.72 Å². The van der Waals surface area contributed by atoms with Crippen molar-refractivity contribution in [3.05, 3.63) is 29.8 Å². The third kappa shape index (κ3) is 3.50. The number of nitrogens with two attached hydrogens (primary N) is 1. The summed E-state index contributed by atoms with van der Waals surface area (Å²) in [6, 6.07) is 6.44. The summed E-state index contributed by atoms with van der Waals surface area (Å²) in [5.41, 5.74) is 5.90. The fraction of sp³-hybridized carbons (Fsp3) is 0.417. The first kappa shape index (κ1) is 14.4. The zero-order valence-electron chi connectivity index (χ0n) is 10.3. The predicted octanol–water partition coefficient (Wildman–Crippen LogP) is 0.778. The second-order valence-corrected chi connectivity index (χ2v) is 6.52. The highest BCUT2D eigenvalue weighted by Gasteiger charge is 2.22. The molecule has 3 N–H and O–H groups in total. The summed E-state index contributed by atoms with van der Waals surface area (Å²) in [5.74, 6) is 0. The second kappa shape index (κ2) is 5.96. The van der Waals surface area contributed by atoms with Gasteiger partial charge in [-0.2, -0.15) is 0 Å². The Balaban J connectivity index is 2.17. The molecule has 1 aliphatic rings. The molecule has 1 aromatic rings. The number of sulfonamides is 1. The largest absolute Gasteiger partial charge is 0.389 e. The minimum Gasteiger partial charge on any atom is -0.389 e. The van der Waals surface area contributed by atoms with Gasteiger partial charge in [-0.05, 0) is 18.9 Å². The number of ether oxygens (including phenoxy) is 1. The molecule has 1 saturated heterocycles. The zero-order valence-corrected chi connectivity index (χ0v) is 12.0. The molecule has 1 fully saturated rings. The first-order chi connectivity index (χ1) is 9.00. The van der Waals surface area contributed by atoms with Gasteiger partial charge in [0.1, 0.15) is 4.99 Å². The van der Waals surface area contributed by atoms with Gasteiger partial charge in [0.05, 0.1) is 11.0 Å². The van der Waals surface area contributed by atoms with E-state index in [0.29, 0.717) is 12.2 Å². The van der Waals surface area contributed by atoms with Crippen LogP contribution < -0.4 is 10.5 Å². The van der Waals surface area contributed by atoms with Crippen LogP contribution in [0.3, 0.4) is 0 Å². The Morgan fingerprint density at radius 1 is 1.47 bits per heavy atom. The molecule has 1 aromatic carbocycles. The van der Waals surface area contributed by atoms with E-state index in [-0.39, 0.29) is 22.5 Å². The van der Waals surface area contributed by atoms with Crippen molar-refractivity contribution in [3.8, 4) is 0 Å². The quantitative estimate of drug-likeness (QED) is 0.785. The van der Waals surface area contributed by atoms with Crippen LogP contribution in [0.4, 0.5) is 0 Å². The monoisotopic (exact) mass is 300 g/mol. The summed E-state index contributed by atoms with van der Waals surface area (Å²) >= 11 is 4.87. The molecule has 1 unspecified atom stereocenters. The highest BCUT2D eigenvalue weighted by atomic mass is 32.2. The van der Waals surface area contributed by atoms with Gasteiger partial charge in [-0.25, -0.2) is 13.1 Å². The summed E-state index contributed by atoms with van der Waals surface area (Å²) in [6.07, 6.45) is 1.79. The maximum Gasteiger partial charge on any atom is 0.241 e. The van der Waals surface area contributed by atoms with Crippen molar-refractivity contribution in [1.29, 1.82) is 0 Å². The minimum atomic E-state index is -3.62. The van der Waals surface area contributed by atoms with Crippen molar-refractivity contribution in [2.24, 2.45) is 5.73 Å². The van der Waals surface area contributed by atoms with Crippen molar-refractivity contribution in [2.45, 2.75) is 23.8 Å². The molecule has 19 heavy (non-hydrogen) atoms. The molecule has 5 nitrogen and oxygen atoms in total. The van der Waals surface area contributed by atoms with Crippen LogP contribution in [-0.2, 0) is 14.8 Å². The number of hydrogen-bond donors (Lipinski definition) is 2. The summed E-state index contributed by atoms with van der Waals surface area (Å²) in [7, 11) is -3.62. The summed E-state index contributed by atoms with van der Waals surface area (Å²) in [5, 5.41) is 0. The van der Waals surface area contributed by atoms with Crippen LogP contribution in [0.25, 0.3) is 0 Å². The van der Waals surface area contributed by atoms with Crippen LogP contribution in [-0.4, -0.2) is 32.7 Å². The van der Waals surface area contributed by atoms with Crippen LogP contribution >= 0.6 is 12.2 Å². The number of rotatable bonds is 5. The first-order valence-corrected chi connectivity index (χ1v) is 7.90. The second-order valence-electron chi connectivity index (χ2n) is 4.35. The molecule has 1 heterocycles. The summed E-state index contributed by atoms with van der Waals surface area (Å²) in [4.78, 5) is 0.179. The van der Waals surface area contributed by atoms with Gasteiger partial charge in [-0.1, -0.05) is 30.4 Å². The lowest BCUT2D eigenvalue weighted by Crippen LogP contribution is -2.33. The van der Waals surface area contributed by atoms with Gasteiger partial charge in [0.25, 0.3) is 0 Å². The maximum absolute atomic E-state index is 12.2. The molecule has 104 valence electrons. The number of hydrogen-bond acceptors (Lipinski definition) is 4. The van der Waals surface area contributed by atoms with E-state index >= 15 is 0 Å². The highest BCUT2D eigenvalue weighted by molar-refractivity contribution is 7.89. The Labute approximate surface area is 118 Å². The van der Waals surface area contributed by atoms with E-state index in [4.69, 9.17) is 22.7 Å². The fourth-order valence-electron chi connectivity index (χ4n) is 1.99. The Bertz CT molecular complexity index is 566. The van der Waals surface area contributed by atoms with Crippen LogP contribution in [0.1, 0.15) is 18.4 Å². The molecule has 0 aliphatic carbocycles. The van der Waals surface area contributed by atoms with Crippen molar-refractivity contribution >= 4 is 27.2 Å². The lowest BCUT2D eigenvalue weighted by atomic mass is 10.2. The molecule has 0 bridgehead atoms. The molecule has 0 aromatic heterocycles. The molecule has 2 rings (SSSR count). The van der Waals surface area contributed by atoms with Crippen molar-refractivity contribution < 1.29 is 13.2 Å². The van der Waals surface area contributed by atoms with Gasteiger partial charge in [-0.3, -0.25) is 0 Å². The average molecular weight is 300 g/mol. The normalized spacial score (nSPS) is 19.5. The predicted molar refractivity (Wildman–Crippen MR) is 76.5 cm³/mol. The first-order valence-electron chi connectivity index (χ1n) is 6.01. The van der Waals surface area contributed by atoms with Crippen molar-refractivity contribution in [1.82, 2.24) is 4.72 Å². The maximum atomic E-state index is 12.2. The van der Waals surface area contributed by atoms with Gasteiger partial charge in [0.2, 0.25) is 10.0 Å². The lowest BCUT2D eigenvalue weighted by Gasteiger charge is -2.13. The highest BCUT2D eigenvalue weighted by Crippen LogP contribution is 2.16. The SMILES string of the molecule is NC(=S)c1ccccc1S(=O)(=O)NCC1CCCO1. The Morgan fingerprint density at radius 3 is 2.84 bits per heavy atom. The third-order valence-electron chi connectivity index (χ3n) is 2.97. The molecular formula is C12H16N2O3S2. The number of nitrogens with one attached hydrogen (secondary N) is 1. The smallest absolute Gasteiger partial charge is 0.241 e. The van der Waals surface area contributed by atoms with E-state index in [9.17, 15) is 8.42 Å². The van der Waals surface area contributed by atoms with Gasteiger partial charge < -0.3 is 10.5 Å². The van der Waals surface area contributed by atoms with Gasteiger partial charge in [0.15, 0.2) is 0 Å². The van der Waals surface area contributed by atoms with E-state index in [1.807, 2.05) is 0 Å². The Kier molecular flexibility index (Phi) is 4.51. The van der Waals surface area contributed by atoms with E-state index in [1.165, 1.54) is 6.07 Å². The molecule has 0 spiro atoms. The van der Waals surface area contributed by atoms with E-state index in [1.54, 1.807) is 18.2 Å². The van der Waals surface area contributed by atoms with Gasteiger partial charge >= 0.3 is 0 Å². The van der Waals surface area contributed by atoms with Crippen LogP contribution in [0.15, 0.2) is 29.2 Å². The zero-order chi connectivity index (χ0) is 13.9. The molecule has 1 atom stereocenters. The standard InChI is InChI=1S/C12H16N2O3S2/c13-12(18)10-5-1-2-6-11(10)19(15,16)14-8-9-4-3-7-17-9/h1-2,5-6,9,14H,3-4,7-8H2,(H2,13,18). The summed E-state index contributed by atoms with van der Waals surface area (Å²) < 4.78 is 32.4. The molecule has 0 saturated carbocycles. The van der Waals surface area contributed by atoms with Crippen molar-refractivity contribution in [2.75, 3.05) is 13.2 Å². The number of benzene rings is 1. The van der Waals surface area contributed by atoms with Gasteiger partial charge in [-0.15, -0.1) is 0 Å². The molecule has 1 aliphatic heterocycles. The average Bonchev–Trinajstić information content (AvgIpc) is 2.89. The fourth-order valence-corrected chi connectivity index (χ4v) is 3.52. The Morgan fingerprint density at radius 2 is 2.21 bits per heavy atom. The topological polar surface area (TPSA) is 81.4 Å². The van der Waals surface area contributed by atoms with Crippen LogP contribution in [0, 0.1) is 0 Å². The van der Waals surface area contributed by atoms with Crippen molar-refractivity contribution in [3.63, 3.8) is 0 Å². The summed E-state index contributed by atoms with van der Waals surface area (Å²) in [6.45, 7) is 0.962.